The Morgan fingerprint density at radius 2 is 2.28 bits per heavy atom. The van der Waals surface area contributed by atoms with Crippen molar-refractivity contribution in [2.45, 2.75) is 19.4 Å². The van der Waals surface area contributed by atoms with Gasteiger partial charge in [-0.15, -0.1) is 0 Å². The molecule has 1 heterocycles. The molecule has 0 bridgehead atoms. The molecule has 0 N–H and O–H groups in total. The van der Waals surface area contributed by atoms with E-state index in [9.17, 15) is 4.79 Å². The lowest BCUT2D eigenvalue weighted by atomic mass is 10.0. The van der Waals surface area contributed by atoms with Gasteiger partial charge in [0.05, 0.1) is 10.6 Å². The van der Waals surface area contributed by atoms with Crippen LogP contribution in [-0.4, -0.2) is 28.7 Å². The number of rotatable bonds is 2. The average Bonchev–Trinajstić information content (AvgIpc) is 2.69. The zero-order valence-electron chi connectivity index (χ0n) is 10.00. The Labute approximate surface area is 129 Å². The molecule has 1 aromatic carbocycles. The van der Waals surface area contributed by atoms with E-state index in [1.807, 2.05) is 11.0 Å². The third-order valence-corrected chi connectivity index (χ3v) is 4.93. The molecule has 0 aromatic heterocycles. The monoisotopic (exact) mass is 393 g/mol. The Bertz CT molecular complexity index is 466. The second kappa shape index (κ2) is 5.93. The number of hydrogen-bond donors (Lipinski definition) is 0. The normalized spacial score (nSPS) is 23.4. The number of carbonyl (C=O) groups excluding carboxylic acids is 1. The summed E-state index contributed by atoms with van der Waals surface area (Å²) in [6, 6.07) is 5.65. The molecule has 2 nitrogen and oxygen atoms in total. The zero-order chi connectivity index (χ0) is 13.3. The fourth-order valence-corrected chi connectivity index (χ4v) is 4.06. The SMILES string of the molecule is CC1CCN(C(=O)c2ccc(Br)cc2Cl)C1CBr. The first-order valence-electron chi connectivity index (χ1n) is 5.86. The maximum Gasteiger partial charge on any atom is 0.255 e. The third kappa shape index (κ3) is 2.75. The molecule has 2 unspecified atom stereocenters. The van der Waals surface area contributed by atoms with Crippen molar-refractivity contribution in [3.8, 4) is 0 Å². The van der Waals surface area contributed by atoms with Gasteiger partial charge >= 0.3 is 0 Å². The average molecular weight is 396 g/mol. The summed E-state index contributed by atoms with van der Waals surface area (Å²) in [5.41, 5.74) is 0.583. The summed E-state index contributed by atoms with van der Waals surface area (Å²) in [4.78, 5) is 14.4. The summed E-state index contributed by atoms with van der Waals surface area (Å²) in [6.45, 7) is 2.99. The van der Waals surface area contributed by atoms with Gasteiger partial charge in [0, 0.05) is 22.4 Å². The molecule has 18 heavy (non-hydrogen) atoms. The Morgan fingerprint density at radius 3 is 2.89 bits per heavy atom. The molecule has 0 aliphatic carbocycles. The number of halogens is 3. The van der Waals surface area contributed by atoms with Crippen LogP contribution in [0.1, 0.15) is 23.7 Å². The van der Waals surface area contributed by atoms with Gasteiger partial charge in [-0.1, -0.05) is 50.4 Å². The predicted octanol–water partition coefficient (Wildman–Crippen LogP) is 4.35. The smallest absolute Gasteiger partial charge is 0.255 e. The Kier molecular flexibility index (Phi) is 4.73. The van der Waals surface area contributed by atoms with Gasteiger partial charge in [-0.3, -0.25) is 4.79 Å². The zero-order valence-corrected chi connectivity index (χ0v) is 13.9. The maximum absolute atomic E-state index is 12.5. The first-order chi connectivity index (χ1) is 8.54. The molecule has 2 atom stereocenters. The highest BCUT2D eigenvalue weighted by Gasteiger charge is 2.34. The van der Waals surface area contributed by atoms with Crippen LogP contribution in [-0.2, 0) is 0 Å². The first-order valence-corrected chi connectivity index (χ1v) is 8.16. The summed E-state index contributed by atoms with van der Waals surface area (Å²) >= 11 is 13.0. The van der Waals surface area contributed by atoms with E-state index in [1.165, 1.54) is 0 Å². The topological polar surface area (TPSA) is 20.3 Å². The Morgan fingerprint density at radius 1 is 1.56 bits per heavy atom. The van der Waals surface area contributed by atoms with Crippen molar-refractivity contribution in [2.24, 2.45) is 5.92 Å². The van der Waals surface area contributed by atoms with Gasteiger partial charge in [0.25, 0.3) is 5.91 Å². The number of carbonyl (C=O) groups is 1. The Balaban J connectivity index is 2.26. The molecule has 1 saturated heterocycles. The fraction of sp³-hybridized carbons (Fsp3) is 0.462. The van der Waals surface area contributed by atoms with Gasteiger partial charge in [0.15, 0.2) is 0 Å². The van der Waals surface area contributed by atoms with Crippen molar-refractivity contribution in [2.75, 3.05) is 11.9 Å². The minimum absolute atomic E-state index is 0.0290. The molecular formula is C13H14Br2ClNO. The van der Waals surface area contributed by atoms with E-state index >= 15 is 0 Å². The molecule has 1 amide bonds. The summed E-state index contributed by atoms with van der Waals surface area (Å²) in [7, 11) is 0. The highest BCUT2D eigenvalue weighted by atomic mass is 79.9. The van der Waals surface area contributed by atoms with Gasteiger partial charge in [-0.25, -0.2) is 0 Å². The highest BCUT2D eigenvalue weighted by Crippen LogP contribution is 2.29. The van der Waals surface area contributed by atoms with Crippen molar-refractivity contribution >= 4 is 49.4 Å². The van der Waals surface area contributed by atoms with E-state index in [0.717, 1.165) is 22.8 Å². The van der Waals surface area contributed by atoms with Crippen molar-refractivity contribution in [1.29, 1.82) is 0 Å². The van der Waals surface area contributed by atoms with Crippen LogP contribution in [0.3, 0.4) is 0 Å². The van der Waals surface area contributed by atoms with Gasteiger partial charge in [-0.05, 0) is 30.5 Å². The Hall–Kier alpha value is -0.0600. The van der Waals surface area contributed by atoms with E-state index in [1.54, 1.807) is 12.1 Å². The number of amides is 1. The summed E-state index contributed by atoms with van der Waals surface area (Å²) in [6.07, 6.45) is 1.05. The maximum atomic E-state index is 12.5. The van der Waals surface area contributed by atoms with Crippen molar-refractivity contribution in [3.63, 3.8) is 0 Å². The van der Waals surface area contributed by atoms with Gasteiger partial charge in [0.2, 0.25) is 0 Å². The standard InChI is InChI=1S/C13H14Br2ClNO/c1-8-4-5-17(12(8)7-14)13(18)10-3-2-9(15)6-11(10)16/h2-3,6,8,12H,4-5,7H2,1H3. The number of nitrogens with zero attached hydrogens (tertiary/aromatic N) is 1. The van der Waals surface area contributed by atoms with Crippen LogP contribution >= 0.6 is 43.5 Å². The highest BCUT2D eigenvalue weighted by molar-refractivity contribution is 9.10. The van der Waals surface area contributed by atoms with Gasteiger partial charge < -0.3 is 4.90 Å². The van der Waals surface area contributed by atoms with Crippen LogP contribution < -0.4 is 0 Å². The lowest BCUT2D eigenvalue weighted by Gasteiger charge is -2.25. The minimum Gasteiger partial charge on any atom is -0.334 e. The van der Waals surface area contributed by atoms with Crippen LogP contribution in [0.4, 0.5) is 0 Å². The number of hydrogen-bond acceptors (Lipinski definition) is 1. The van der Waals surface area contributed by atoms with Crippen LogP contribution in [0, 0.1) is 5.92 Å². The molecule has 1 aliphatic rings. The summed E-state index contributed by atoms with van der Waals surface area (Å²) in [5, 5.41) is 1.32. The second-order valence-electron chi connectivity index (χ2n) is 4.61. The van der Waals surface area contributed by atoms with Gasteiger partial charge in [0.1, 0.15) is 0 Å². The van der Waals surface area contributed by atoms with Crippen molar-refractivity contribution < 1.29 is 4.79 Å². The lowest BCUT2D eigenvalue weighted by Crippen LogP contribution is -2.38. The number of likely N-dealkylation sites (tertiary alicyclic amines) is 1. The predicted molar refractivity (Wildman–Crippen MR) is 81.6 cm³/mol. The fourth-order valence-electron chi connectivity index (χ4n) is 2.31. The van der Waals surface area contributed by atoms with E-state index in [4.69, 9.17) is 11.6 Å². The lowest BCUT2D eigenvalue weighted by molar-refractivity contribution is 0.0739. The third-order valence-electron chi connectivity index (χ3n) is 3.46. The molecule has 0 saturated carbocycles. The molecule has 2 rings (SSSR count). The summed E-state index contributed by atoms with van der Waals surface area (Å²) < 4.78 is 0.885. The molecule has 98 valence electrons. The number of alkyl halides is 1. The van der Waals surface area contributed by atoms with E-state index in [-0.39, 0.29) is 11.9 Å². The minimum atomic E-state index is 0.0290. The molecule has 1 aromatic rings. The second-order valence-corrected chi connectivity index (χ2v) is 6.58. The van der Waals surface area contributed by atoms with E-state index < -0.39 is 0 Å². The molecule has 0 spiro atoms. The summed E-state index contributed by atoms with van der Waals surface area (Å²) in [5.74, 6) is 0.559. The molecule has 0 radical (unpaired) electrons. The largest absolute Gasteiger partial charge is 0.334 e. The molecule has 1 aliphatic heterocycles. The van der Waals surface area contributed by atoms with Crippen LogP contribution in [0.25, 0.3) is 0 Å². The van der Waals surface area contributed by atoms with Crippen LogP contribution in [0.15, 0.2) is 22.7 Å². The quantitative estimate of drug-likeness (QED) is 0.682. The van der Waals surface area contributed by atoms with Gasteiger partial charge in [-0.2, -0.15) is 0 Å². The molecule has 5 heteroatoms. The molecule has 1 fully saturated rings. The first kappa shape index (κ1) is 14.4. The molecular weight excluding hydrogens is 381 g/mol. The number of benzene rings is 1. The van der Waals surface area contributed by atoms with Crippen molar-refractivity contribution in [1.82, 2.24) is 4.90 Å². The van der Waals surface area contributed by atoms with E-state index in [0.29, 0.717) is 16.5 Å². The van der Waals surface area contributed by atoms with E-state index in [2.05, 4.69) is 38.8 Å². The van der Waals surface area contributed by atoms with Crippen LogP contribution in [0.5, 0.6) is 0 Å². The van der Waals surface area contributed by atoms with Crippen LogP contribution in [0.2, 0.25) is 5.02 Å². The van der Waals surface area contributed by atoms with Crippen molar-refractivity contribution in [3.05, 3.63) is 33.3 Å².